The third kappa shape index (κ3) is 3.52. The lowest BCUT2D eigenvalue weighted by Gasteiger charge is -2.31. The van der Waals surface area contributed by atoms with E-state index in [1.807, 2.05) is 24.4 Å². The number of likely N-dealkylation sites (tertiary alicyclic amines) is 1. The van der Waals surface area contributed by atoms with Crippen molar-refractivity contribution in [2.75, 3.05) is 26.2 Å². The van der Waals surface area contributed by atoms with E-state index in [1.165, 1.54) is 18.4 Å². The van der Waals surface area contributed by atoms with Crippen LogP contribution in [0.1, 0.15) is 31.0 Å². The van der Waals surface area contributed by atoms with Gasteiger partial charge in [0.15, 0.2) is 0 Å². The number of aromatic nitrogens is 2. The van der Waals surface area contributed by atoms with Crippen LogP contribution in [0.15, 0.2) is 36.5 Å². The summed E-state index contributed by atoms with van der Waals surface area (Å²) in [5, 5.41) is 8.96. The molecular weight excluding hydrogens is 262 g/mol. The number of aromatic amines is 1. The maximum Gasteiger partial charge on any atom is 0.110 e. The van der Waals surface area contributed by atoms with Gasteiger partial charge in [0.1, 0.15) is 5.82 Å². The van der Waals surface area contributed by atoms with Gasteiger partial charge in [-0.15, -0.1) is 0 Å². The zero-order valence-electron chi connectivity index (χ0n) is 12.3. The molecule has 4 heteroatoms. The lowest BCUT2D eigenvalue weighted by atomic mass is 9.97. The molecule has 4 nitrogen and oxygen atoms in total. The molecule has 1 fully saturated rings. The predicted octanol–water partition coefficient (Wildman–Crippen LogP) is 2.64. The SMILES string of the molecule is OCCCN1CCCC(c2ncc(-c3ccccc3)[nH]2)C1. The fourth-order valence-electron chi connectivity index (χ4n) is 3.08. The number of rotatable bonds is 5. The first kappa shape index (κ1) is 14.3. The summed E-state index contributed by atoms with van der Waals surface area (Å²) in [6.45, 7) is 3.45. The second-order valence-electron chi connectivity index (χ2n) is 5.77. The third-order valence-corrected chi connectivity index (χ3v) is 4.20. The first-order chi connectivity index (χ1) is 10.4. The Labute approximate surface area is 125 Å². The number of aliphatic hydroxyl groups excluding tert-OH is 1. The fraction of sp³-hybridized carbons (Fsp3) is 0.471. The molecule has 0 saturated carbocycles. The normalized spacial score (nSPS) is 19.8. The standard InChI is InChI=1S/C17H23N3O/c21-11-5-10-20-9-4-8-15(13-20)17-18-12-16(19-17)14-6-2-1-3-7-14/h1-3,6-7,12,15,21H,4-5,8-11,13H2,(H,18,19). The molecule has 1 aliphatic rings. The van der Waals surface area contributed by atoms with Crippen molar-refractivity contribution in [3.8, 4) is 11.3 Å². The molecule has 0 aliphatic carbocycles. The molecule has 1 saturated heterocycles. The van der Waals surface area contributed by atoms with Crippen LogP contribution in [-0.2, 0) is 0 Å². The average molecular weight is 285 g/mol. The molecule has 3 rings (SSSR count). The van der Waals surface area contributed by atoms with Gasteiger partial charge >= 0.3 is 0 Å². The predicted molar refractivity (Wildman–Crippen MR) is 84.1 cm³/mol. The van der Waals surface area contributed by atoms with Crippen molar-refractivity contribution < 1.29 is 5.11 Å². The van der Waals surface area contributed by atoms with Crippen LogP contribution in [-0.4, -0.2) is 46.2 Å². The molecule has 0 radical (unpaired) electrons. The van der Waals surface area contributed by atoms with Crippen molar-refractivity contribution >= 4 is 0 Å². The number of nitrogens with one attached hydrogen (secondary N) is 1. The van der Waals surface area contributed by atoms with Gasteiger partial charge in [-0.05, 0) is 31.4 Å². The summed E-state index contributed by atoms with van der Waals surface area (Å²) in [5.74, 6) is 1.58. The van der Waals surface area contributed by atoms with Crippen molar-refractivity contribution in [2.24, 2.45) is 0 Å². The summed E-state index contributed by atoms with van der Waals surface area (Å²) in [7, 11) is 0. The lowest BCUT2D eigenvalue weighted by Crippen LogP contribution is -2.35. The van der Waals surface area contributed by atoms with Crippen molar-refractivity contribution in [3.05, 3.63) is 42.4 Å². The Morgan fingerprint density at radius 1 is 1.29 bits per heavy atom. The van der Waals surface area contributed by atoms with Gasteiger partial charge in [0.05, 0.1) is 11.9 Å². The second kappa shape index (κ2) is 6.87. The quantitative estimate of drug-likeness (QED) is 0.888. The summed E-state index contributed by atoms with van der Waals surface area (Å²) in [6, 6.07) is 10.3. The Bertz CT molecular complexity index is 552. The highest BCUT2D eigenvalue weighted by Crippen LogP contribution is 2.27. The van der Waals surface area contributed by atoms with E-state index in [0.29, 0.717) is 5.92 Å². The topological polar surface area (TPSA) is 52.1 Å². The minimum atomic E-state index is 0.278. The highest BCUT2D eigenvalue weighted by atomic mass is 16.3. The number of piperidine rings is 1. The van der Waals surface area contributed by atoms with E-state index in [1.54, 1.807) is 0 Å². The van der Waals surface area contributed by atoms with E-state index < -0.39 is 0 Å². The number of hydrogen-bond donors (Lipinski definition) is 2. The molecule has 2 aromatic rings. The Morgan fingerprint density at radius 2 is 2.14 bits per heavy atom. The van der Waals surface area contributed by atoms with Gasteiger partial charge in [0.2, 0.25) is 0 Å². The summed E-state index contributed by atoms with van der Waals surface area (Å²) in [6.07, 6.45) is 5.20. The molecule has 2 heterocycles. The van der Waals surface area contributed by atoms with Crippen molar-refractivity contribution in [2.45, 2.75) is 25.2 Å². The lowest BCUT2D eigenvalue weighted by molar-refractivity contribution is 0.182. The van der Waals surface area contributed by atoms with Crippen molar-refractivity contribution in [1.29, 1.82) is 0 Å². The van der Waals surface area contributed by atoms with Crippen LogP contribution < -0.4 is 0 Å². The largest absolute Gasteiger partial charge is 0.396 e. The molecule has 1 atom stereocenters. The Hall–Kier alpha value is -1.65. The number of aliphatic hydroxyl groups is 1. The Balaban J connectivity index is 1.68. The average Bonchev–Trinajstić information content (AvgIpc) is 3.04. The van der Waals surface area contributed by atoms with E-state index >= 15 is 0 Å². The van der Waals surface area contributed by atoms with Gasteiger partial charge in [-0.25, -0.2) is 4.98 Å². The van der Waals surface area contributed by atoms with Crippen LogP contribution in [0.3, 0.4) is 0 Å². The minimum absolute atomic E-state index is 0.278. The first-order valence-electron chi connectivity index (χ1n) is 7.80. The highest BCUT2D eigenvalue weighted by Gasteiger charge is 2.23. The molecule has 1 aromatic heterocycles. The number of imidazole rings is 1. The summed E-state index contributed by atoms with van der Waals surface area (Å²) >= 11 is 0. The molecule has 21 heavy (non-hydrogen) atoms. The molecule has 0 spiro atoms. The molecule has 1 aromatic carbocycles. The Morgan fingerprint density at radius 3 is 2.95 bits per heavy atom. The van der Waals surface area contributed by atoms with Crippen LogP contribution >= 0.6 is 0 Å². The zero-order chi connectivity index (χ0) is 14.5. The van der Waals surface area contributed by atoms with Gasteiger partial charge in [-0.3, -0.25) is 0 Å². The third-order valence-electron chi connectivity index (χ3n) is 4.20. The Kier molecular flexibility index (Phi) is 4.68. The number of nitrogens with zero attached hydrogens (tertiary/aromatic N) is 2. The molecule has 112 valence electrons. The van der Waals surface area contributed by atoms with E-state index in [4.69, 9.17) is 5.11 Å². The van der Waals surface area contributed by atoms with Crippen molar-refractivity contribution in [1.82, 2.24) is 14.9 Å². The minimum Gasteiger partial charge on any atom is -0.396 e. The molecule has 1 aliphatic heterocycles. The number of hydrogen-bond acceptors (Lipinski definition) is 3. The fourth-order valence-corrected chi connectivity index (χ4v) is 3.08. The van der Waals surface area contributed by atoms with E-state index in [2.05, 4.69) is 27.0 Å². The zero-order valence-corrected chi connectivity index (χ0v) is 12.3. The number of H-pyrrole nitrogens is 1. The maximum absolute atomic E-state index is 8.96. The number of benzene rings is 1. The smallest absolute Gasteiger partial charge is 0.110 e. The van der Waals surface area contributed by atoms with Gasteiger partial charge in [-0.1, -0.05) is 30.3 Å². The van der Waals surface area contributed by atoms with Crippen LogP contribution in [0.5, 0.6) is 0 Å². The molecule has 1 unspecified atom stereocenters. The summed E-state index contributed by atoms with van der Waals surface area (Å²) in [4.78, 5) is 10.5. The van der Waals surface area contributed by atoms with E-state index in [0.717, 1.165) is 37.6 Å². The molecule has 0 bridgehead atoms. The monoisotopic (exact) mass is 285 g/mol. The van der Waals surface area contributed by atoms with Crippen LogP contribution in [0.25, 0.3) is 11.3 Å². The van der Waals surface area contributed by atoms with Crippen LogP contribution in [0, 0.1) is 0 Å². The van der Waals surface area contributed by atoms with Gasteiger partial charge in [0, 0.05) is 25.6 Å². The van der Waals surface area contributed by atoms with Gasteiger partial charge < -0.3 is 15.0 Å². The molecular formula is C17H23N3O. The van der Waals surface area contributed by atoms with Crippen LogP contribution in [0.2, 0.25) is 0 Å². The van der Waals surface area contributed by atoms with E-state index in [9.17, 15) is 0 Å². The summed E-state index contributed by atoms with van der Waals surface area (Å²) < 4.78 is 0. The maximum atomic E-state index is 8.96. The highest BCUT2D eigenvalue weighted by molar-refractivity contribution is 5.58. The van der Waals surface area contributed by atoms with Gasteiger partial charge in [0.25, 0.3) is 0 Å². The molecule has 2 N–H and O–H groups in total. The van der Waals surface area contributed by atoms with Gasteiger partial charge in [-0.2, -0.15) is 0 Å². The second-order valence-corrected chi connectivity index (χ2v) is 5.77. The van der Waals surface area contributed by atoms with Crippen LogP contribution in [0.4, 0.5) is 0 Å². The van der Waals surface area contributed by atoms with E-state index in [-0.39, 0.29) is 6.61 Å². The van der Waals surface area contributed by atoms with Crippen molar-refractivity contribution in [3.63, 3.8) is 0 Å². The molecule has 0 amide bonds. The summed E-state index contributed by atoms with van der Waals surface area (Å²) in [5.41, 5.74) is 2.28. The first-order valence-corrected chi connectivity index (χ1v) is 7.80.